The van der Waals surface area contributed by atoms with Crippen LogP contribution in [-0.2, 0) is 4.74 Å². The fourth-order valence-electron chi connectivity index (χ4n) is 1.82. The lowest BCUT2D eigenvalue weighted by atomic mass is 10.0. The molecule has 8 nitrogen and oxygen atoms in total. The zero-order valence-electron chi connectivity index (χ0n) is 13.3. The van der Waals surface area contributed by atoms with Gasteiger partial charge in [-0.15, -0.1) is 0 Å². The highest BCUT2D eigenvalue weighted by molar-refractivity contribution is 5.67. The largest absolute Gasteiger partial charge is 0.449 e. The molecule has 0 heterocycles. The number of carbonyl (C=O) groups is 1. The summed E-state index contributed by atoms with van der Waals surface area (Å²) in [6.45, 7) is 1.34. The molecule has 8 heteroatoms. The van der Waals surface area contributed by atoms with Crippen LogP contribution in [0.5, 0.6) is 0 Å². The SMILES string of the molecule is CCCCCCOC(=O)N(C)C[C@H](O)[C@@H](O)[C@H](O)[C@H](O)CO. The highest BCUT2D eigenvalue weighted by Crippen LogP contribution is 2.07. The molecule has 0 spiro atoms. The number of rotatable bonds is 11. The Morgan fingerprint density at radius 3 is 2.18 bits per heavy atom. The van der Waals surface area contributed by atoms with Crippen molar-refractivity contribution in [1.29, 1.82) is 0 Å². The summed E-state index contributed by atoms with van der Waals surface area (Å²) in [5, 5.41) is 46.7. The number of ether oxygens (including phenoxy) is 1. The highest BCUT2D eigenvalue weighted by Gasteiger charge is 2.31. The summed E-state index contributed by atoms with van der Waals surface area (Å²) in [5.41, 5.74) is 0. The second kappa shape index (κ2) is 11.6. The normalized spacial score (nSPS) is 16.7. The number of likely N-dealkylation sites (N-methyl/N-ethyl adjacent to an activating group) is 1. The second-order valence-corrected chi connectivity index (χ2v) is 5.35. The molecular formula is C14H29NO7. The average molecular weight is 323 g/mol. The molecule has 0 aliphatic heterocycles. The molecule has 0 rings (SSSR count). The van der Waals surface area contributed by atoms with E-state index in [4.69, 9.17) is 9.84 Å². The van der Waals surface area contributed by atoms with Crippen LogP contribution in [-0.4, -0.2) is 87.7 Å². The van der Waals surface area contributed by atoms with Crippen molar-refractivity contribution in [2.75, 3.05) is 26.8 Å². The summed E-state index contributed by atoms with van der Waals surface area (Å²) in [4.78, 5) is 12.7. The van der Waals surface area contributed by atoms with Crippen LogP contribution in [0.15, 0.2) is 0 Å². The quantitative estimate of drug-likeness (QED) is 0.310. The topological polar surface area (TPSA) is 131 Å². The number of amides is 1. The Labute approximate surface area is 130 Å². The molecule has 0 aromatic carbocycles. The number of hydrogen-bond donors (Lipinski definition) is 5. The average Bonchev–Trinajstić information content (AvgIpc) is 2.51. The van der Waals surface area contributed by atoms with Crippen LogP contribution in [0.3, 0.4) is 0 Å². The molecule has 0 aliphatic rings. The third-order valence-corrected chi connectivity index (χ3v) is 3.32. The summed E-state index contributed by atoms with van der Waals surface area (Å²) in [7, 11) is 1.39. The van der Waals surface area contributed by atoms with Crippen molar-refractivity contribution < 1.29 is 35.1 Å². The van der Waals surface area contributed by atoms with Gasteiger partial charge in [-0.2, -0.15) is 0 Å². The van der Waals surface area contributed by atoms with Gasteiger partial charge in [0.15, 0.2) is 0 Å². The van der Waals surface area contributed by atoms with E-state index in [0.29, 0.717) is 0 Å². The predicted octanol–water partition coefficient (Wildman–Crippen LogP) is -0.929. The molecule has 0 aromatic heterocycles. The zero-order valence-corrected chi connectivity index (χ0v) is 13.3. The fourth-order valence-corrected chi connectivity index (χ4v) is 1.82. The van der Waals surface area contributed by atoms with Gasteiger partial charge in [-0.1, -0.05) is 26.2 Å². The number of aliphatic hydroxyl groups is 5. The Hall–Kier alpha value is -0.930. The first-order valence-electron chi connectivity index (χ1n) is 7.56. The molecule has 0 unspecified atom stereocenters. The molecule has 5 N–H and O–H groups in total. The number of carbonyl (C=O) groups excluding carboxylic acids is 1. The number of aliphatic hydroxyl groups excluding tert-OH is 5. The van der Waals surface area contributed by atoms with Crippen LogP contribution in [0.2, 0.25) is 0 Å². The molecule has 4 atom stereocenters. The van der Waals surface area contributed by atoms with E-state index < -0.39 is 37.1 Å². The maximum absolute atomic E-state index is 11.7. The van der Waals surface area contributed by atoms with Crippen molar-refractivity contribution in [2.24, 2.45) is 0 Å². The molecule has 1 amide bonds. The van der Waals surface area contributed by atoms with Gasteiger partial charge in [0.2, 0.25) is 0 Å². The molecule has 0 aliphatic carbocycles. The van der Waals surface area contributed by atoms with Crippen molar-refractivity contribution in [3.63, 3.8) is 0 Å². The van der Waals surface area contributed by atoms with Crippen LogP contribution in [0.1, 0.15) is 32.6 Å². The van der Waals surface area contributed by atoms with Crippen molar-refractivity contribution >= 4 is 6.09 Å². The van der Waals surface area contributed by atoms with E-state index >= 15 is 0 Å². The van der Waals surface area contributed by atoms with Crippen LogP contribution in [0, 0.1) is 0 Å². The summed E-state index contributed by atoms with van der Waals surface area (Å²) in [6.07, 6.45) is -3.20. The molecular weight excluding hydrogens is 294 g/mol. The van der Waals surface area contributed by atoms with E-state index in [1.54, 1.807) is 0 Å². The maximum atomic E-state index is 11.7. The van der Waals surface area contributed by atoms with Crippen molar-refractivity contribution in [1.82, 2.24) is 4.90 Å². The van der Waals surface area contributed by atoms with Crippen LogP contribution >= 0.6 is 0 Å². The van der Waals surface area contributed by atoms with Crippen LogP contribution in [0.4, 0.5) is 4.79 Å². The van der Waals surface area contributed by atoms with Crippen LogP contribution in [0.25, 0.3) is 0 Å². The molecule has 0 saturated heterocycles. The minimum atomic E-state index is -1.71. The first-order chi connectivity index (χ1) is 10.3. The lowest BCUT2D eigenvalue weighted by Crippen LogP contribution is -2.50. The third-order valence-electron chi connectivity index (χ3n) is 3.32. The second-order valence-electron chi connectivity index (χ2n) is 5.35. The molecule has 0 saturated carbocycles. The Morgan fingerprint density at radius 2 is 1.64 bits per heavy atom. The zero-order chi connectivity index (χ0) is 17.1. The summed E-state index contributed by atoms with van der Waals surface area (Å²) < 4.78 is 5.00. The number of unbranched alkanes of at least 4 members (excludes halogenated alkanes) is 3. The van der Waals surface area contributed by atoms with E-state index in [1.807, 2.05) is 0 Å². The van der Waals surface area contributed by atoms with Gasteiger partial charge < -0.3 is 35.2 Å². The van der Waals surface area contributed by atoms with Gasteiger partial charge >= 0.3 is 6.09 Å². The first-order valence-corrected chi connectivity index (χ1v) is 7.56. The van der Waals surface area contributed by atoms with Gasteiger partial charge in [0.1, 0.15) is 24.4 Å². The molecule has 0 aromatic rings. The Kier molecular flexibility index (Phi) is 11.1. The van der Waals surface area contributed by atoms with Gasteiger partial charge in [0.25, 0.3) is 0 Å². The standard InChI is InChI=1S/C14H29NO7/c1-3-4-5-6-7-22-14(21)15(2)8-10(17)12(19)13(20)11(18)9-16/h10-13,16-20H,3-9H2,1-2H3/t10-,11+,12+,13+/m0/s1. The lowest BCUT2D eigenvalue weighted by molar-refractivity contribution is -0.117. The van der Waals surface area contributed by atoms with E-state index in [1.165, 1.54) is 7.05 Å². The van der Waals surface area contributed by atoms with Gasteiger partial charge in [-0.25, -0.2) is 4.79 Å². The highest BCUT2D eigenvalue weighted by atomic mass is 16.6. The van der Waals surface area contributed by atoms with Gasteiger partial charge in [0.05, 0.1) is 19.8 Å². The van der Waals surface area contributed by atoms with Crippen molar-refractivity contribution in [3.8, 4) is 0 Å². The molecule has 0 fully saturated rings. The molecule has 0 radical (unpaired) electrons. The Balaban J connectivity index is 4.11. The number of nitrogens with zero attached hydrogens (tertiary/aromatic N) is 1. The van der Waals surface area contributed by atoms with E-state index in [0.717, 1.165) is 30.6 Å². The monoisotopic (exact) mass is 323 g/mol. The Morgan fingerprint density at radius 1 is 1.05 bits per heavy atom. The summed E-state index contributed by atoms with van der Waals surface area (Å²) >= 11 is 0. The Bertz CT molecular complexity index is 303. The van der Waals surface area contributed by atoms with Gasteiger partial charge in [-0.05, 0) is 6.42 Å². The van der Waals surface area contributed by atoms with Gasteiger partial charge in [-0.3, -0.25) is 0 Å². The fraction of sp³-hybridized carbons (Fsp3) is 0.929. The number of hydrogen-bond acceptors (Lipinski definition) is 7. The smallest absolute Gasteiger partial charge is 0.409 e. The maximum Gasteiger partial charge on any atom is 0.409 e. The first kappa shape index (κ1) is 21.1. The predicted molar refractivity (Wildman–Crippen MR) is 79.2 cm³/mol. The van der Waals surface area contributed by atoms with Crippen molar-refractivity contribution in [3.05, 3.63) is 0 Å². The van der Waals surface area contributed by atoms with E-state index in [9.17, 15) is 25.2 Å². The minimum Gasteiger partial charge on any atom is -0.449 e. The lowest BCUT2D eigenvalue weighted by Gasteiger charge is -2.28. The van der Waals surface area contributed by atoms with Crippen LogP contribution < -0.4 is 0 Å². The summed E-state index contributed by atoms with van der Waals surface area (Å²) in [5.74, 6) is 0. The minimum absolute atomic E-state index is 0.274. The molecule has 0 bridgehead atoms. The van der Waals surface area contributed by atoms with E-state index in [-0.39, 0.29) is 13.2 Å². The molecule has 132 valence electrons. The third kappa shape index (κ3) is 7.90. The molecule has 22 heavy (non-hydrogen) atoms. The van der Waals surface area contributed by atoms with Gasteiger partial charge in [0, 0.05) is 7.05 Å². The summed E-state index contributed by atoms with van der Waals surface area (Å²) in [6, 6.07) is 0. The van der Waals surface area contributed by atoms with E-state index in [2.05, 4.69) is 6.92 Å². The van der Waals surface area contributed by atoms with Crippen molar-refractivity contribution in [2.45, 2.75) is 57.0 Å².